The Hall–Kier alpha value is -1.64. The van der Waals surface area contributed by atoms with Crippen LogP contribution in [0.25, 0.3) is 9.65 Å². The number of pyridine rings is 1. The van der Waals surface area contributed by atoms with Crippen molar-refractivity contribution in [2.45, 2.75) is 6.54 Å². The van der Waals surface area contributed by atoms with E-state index in [2.05, 4.69) is 4.98 Å². The zero-order valence-corrected chi connectivity index (χ0v) is 10.7. The van der Waals surface area contributed by atoms with Crippen LogP contribution in [0.1, 0.15) is 5.56 Å². The molecule has 0 atom stereocenters. The third-order valence-electron chi connectivity index (χ3n) is 2.60. The van der Waals surface area contributed by atoms with Crippen LogP contribution >= 0.6 is 0 Å². The van der Waals surface area contributed by atoms with Gasteiger partial charge in [-0.3, -0.25) is 0 Å². The fraction of sp³-hybridized carbons (Fsp3) is 0.0769. The molecule has 2 aromatic heterocycles. The van der Waals surface area contributed by atoms with Gasteiger partial charge in [-0.15, -0.1) is 0 Å². The quantitative estimate of drug-likeness (QED) is 0.670. The SMILES string of the molecule is O=c1c2ccccc2[se]n1Cc1cccnc1. The molecule has 0 saturated carbocycles. The van der Waals surface area contributed by atoms with E-state index in [9.17, 15) is 4.79 Å². The molecule has 0 N–H and O–H groups in total. The fourth-order valence-electron chi connectivity index (χ4n) is 1.78. The van der Waals surface area contributed by atoms with Crippen molar-refractivity contribution in [3.8, 4) is 0 Å². The summed E-state index contributed by atoms with van der Waals surface area (Å²) in [5.74, 6) is 0. The van der Waals surface area contributed by atoms with Crippen LogP contribution in [0.3, 0.4) is 0 Å². The molecule has 3 nitrogen and oxygen atoms in total. The Kier molecular flexibility index (Phi) is 2.67. The van der Waals surface area contributed by atoms with Crippen LogP contribution in [0.5, 0.6) is 0 Å². The summed E-state index contributed by atoms with van der Waals surface area (Å²) in [4.78, 5) is 16.2. The predicted molar refractivity (Wildman–Crippen MR) is 68.5 cm³/mol. The Bertz CT molecular complexity index is 700. The first-order chi connectivity index (χ1) is 8.34. The van der Waals surface area contributed by atoms with Gasteiger partial charge in [0.15, 0.2) is 0 Å². The van der Waals surface area contributed by atoms with Crippen molar-refractivity contribution in [2.75, 3.05) is 0 Å². The van der Waals surface area contributed by atoms with Crippen LogP contribution in [-0.4, -0.2) is 23.3 Å². The maximum atomic E-state index is 12.1. The molecule has 84 valence electrons. The second kappa shape index (κ2) is 4.32. The predicted octanol–water partition coefficient (Wildman–Crippen LogP) is 1.50. The third-order valence-corrected chi connectivity index (χ3v) is 4.84. The van der Waals surface area contributed by atoms with Gasteiger partial charge in [-0.2, -0.15) is 0 Å². The molecule has 3 rings (SSSR count). The van der Waals surface area contributed by atoms with Crippen molar-refractivity contribution in [1.29, 1.82) is 0 Å². The number of nitrogens with zero attached hydrogens (tertiary/aromatic N) is 2. The monoisotopic (exact) mass is 290 g/mol. The Morgan fingerprint density at radius 3 is 2.82 bits per heavy atom. The van der Waals surface area contributed by atoms with Gasteiger partial charge >= 0.3 is 104 Å². The molecule has 0 amide bonds. The number of rotatable bonds is 2. The van der Waals surface area contributed by atoms with Crippen molar-refractivity contribution in [1.82, 2.24) is 8.55 Å². The molecule has 0 aliphatic heterocycles. The standard InChI is InChI=1S/C13H10N2OSe/c16-13-11-5-1-2-6-12(11)17-15(13)9-10-4-3-7-14-8-10/h1-8H,9H2. The van der Waals surface area contributed by atoms with E-state index < -0.39 is 0 Å². The van der Waals surface area contributed by atoms with Crippen molar-refractivity contribution >= 4 is 24.4 Å². The molecule has 0 aliphatic rings. The molecule has 0 aliphatic carbocycles. The van der Waals surface area contributed by atoms with Gasteiger partial charge < -0.3 is 0 Å². The summed E-state index contributed by atoms with van der Waals surface area (Å²) >= 11 is 0.101. The maximum absolute atomic E-state index is 12.1. The van der Waals surface area contributed by atoms with Gasteiger partial charge in [0, 0.05) is 0 Å². The zero-order chi connectivity index (χ0) is 11.7. The topological polar surface area (TPSA) is 34.9 Å². The summed E-state index contributed by atoms with van der Waals surface area (Å²) in [6, 6.07) is 11.7. The van der Waals surface area contributed by atoms with Crippen LogP contribution < -0.4 is 5.56 Å². The van der Waals surface area contributed by atoms with Gasteiger partial charge in [0.2, 0.25) is 0 Å². The first kappa shape index (κ1) is 10.5. The number of benzene rings is 1. The van der Waals surface area contributed by atoms with E-state index in [4.69, 9.17) is 0 Å². The third kappa shape index (κ3) is 1.97. The minimum absolute atomic E-state index is 0.101. The Labute approximate surface area is 104 Å². The van der Waals surface area contributed by atoms with Crippen LogP contribution in [0, 0.1) is 0 Å². The van der Waals surface area contributed by atoms with Crippen LogP contribution in [0.2, 0.25) is 0 Å². The zero-order valence-electron chi connectivity index (χ0n) is 9.04. The number of hydrogen-bond donors (Lipinski definition) is 0. The molecule has 0 radical (unpaired) electrons. The molecule has 0 saturated heterocycles. The van der Waals surface area contributed by atoms with E-state index >= 15 is 0 Å². The average Bonchev–Trinajstić information content (AvgIpc) is 2.68. The van der Waals surface area contributed by atoms with Crippen molar-refractivity contribution in [3.63, 3.8) is 0 Å². The molecule has 2 heterocycles. The summed E-state index contributed by atoms with van der Waals surface area (Å²) in [6.45, 7) is 0.654. The van der Waals surface area contributed by atoms with Gasteiger partial charge in [-0.1, -0.05) is 0 Å². The summed E-state index contributed by atoms with van der Waals surface area (Å²) in [6.07, 6.45) is 3.56. The Morgan fingerprint density at radius 2 is 2.06 bits per heavy atom. The van der Waals surface area contributed by atoms with Gasteiger partial charge in [-0.25, -0.2) is 0 Å². The van der Waals surface area contributed by atoms with E-state index in [1.807, 2.05) is 46.2 Å². The van der Waals surface area contributed by atoms with E-state index in [1.165, 1.54) is 4.26 Å². The van der Waals surface area contributed by atoms with Gasteiger partial charge in [-0.05, 0) is 0 Å². The summed E-state index contributed by atoms with van der Waals surface area (Å²) in [5, 5.41) is 0.858. The summed E-state index contributed by atoms with van der Waals surface area (Å²) in [7, 11) is 0. The number of hydrogen-bond acceptors (Lipinski definition) is 2. The first-order valence-electron chi connectivity index (χ1n) is 5.32. The normalized spacial score (nSPS) is 10.8. The van der Waals surface area contributed by atoms with Crippen molar-refractivity contribution < 1.29 is 0 Å². The molecule has 1 aromatic carbocycles. The van der Waals surface area contributed by atoms with Gasteiger partial charge in [0.1, 0.15) is 0 Å². The van der Waals surface area contributed by atoms with E-state index in [0.717, 1.165) is 10.9 Å². The molecule has 0 unspecified atom stereocenters. The van der Waals surface area contributed by atoms with Crippen LogP contribution in [0.15, 0.2) is 53.6 Å². The van der Waals surface area contributed by atoms with E-state index in [0.29, 0.717) is 6.54 Å². The number of fused-ring (bicyclic) bond motifs is 1. The molecule has 0 spiro atoms. The molecule has 0 fully saturated rings. The summed E-state index contributed by atoms with van der Waals surface area (Å²) < 4.78 is 3.09. The second-order valence-electron chi connectivity index (χ2n) is 3.79. The van der Waals surface area contributed by atoms with E-state index in [1.54, 1.807) is 6.20 Å². The fourth-order valence-corrected chi connectivity index (χ4v) is 3.93. The van der Waals surface area contributed by atoms with E-state index in [-0.39, 0.29) is 20.3 Å². The van der Waals surface area contributed by atoms with Gasteiger partial charge in [0.25, 0.3) is 0 Å². The number of aromatic nitrogens is 2. The second-order valence-corrected chi connectivity index (χ2v) is 6.02. The molecular weight excluding hydrogens is 279 g/mol. The molecule has 3 aromatic rings. The van der Waals surface area contributed by atoms with Crippen LogP contribution in [-0.2, 0) is 6.54 Å². The van der Waals surface area contributed by atoms with Crippen molar-refractivity contribution in [2.24, 2.45) is 0 Å². The molecule has 17 heavy (non-hydrogen) atoms. The average molecular weight is 289 g/mol. The molecule has 4 heteroatoms. The Balaban J connectivity index is 2.07. The van der Waals surface area contributed by atoms with Crippen LogP contribution in [0.4, 0.5) is 0 Å². The Morgan fingerprint density at radius 1 is 1.18 bits per heavy atom. The summed E-state index contributed by atoms with van der Waals surface area (Å²) in [5.41, 5.74) is 1.22. The molecule has 0 bridgehead atoms. The first-order valence-corrected chi connectivity index (χ1v) is 6.94. The molecular formula is C13H10N2OSe. The van der Waals surface area contributed by atoms with Crippen molar-refractivity contribution in [3.05, 3.63) is 64.7 Å². The van der Waals surface area contributed by atoms with Gasteiger partial charge in [0.05, 0.1) is 0 Å². The minimum atomic E-state index is 0.101.